The van der Waals surface area contributed by atoms with Crippen LogP contribution < -0.4 is 5.32 Å². The van der Waals surface area contributed by atoms with Crippen LogP contribution in [0.25, 0.3) is 10.2 Å². The number of nitrogens with one attached hydrogen (secondary N) is 1. The summed E-state index contributed by atoms with van der Waals surface area (Å²) in [7, 11) is -0.729. The van der Waals surface area contributed by atoms with Gasteiger partial charge in [0.25, 0.3) is 0 Å². The minimum absolute atomic E-state index is 0.660. The summed E-state index contributed by atoms with van der Waals surface area (Å²) in [4.78, 5) is 4.42. The molecule has 0 aliphatic rings. The lowest BCUT2D eigenvalue weighted by Crippen LogP contribution is -2.11. The van der Waals surface area contributed by atoms with Gasteiger partial charge in [0, 0.05) is 33.9 Å². The molecule has 17 heavy (non-hydrogen) atoms. The van der Waals surface area contributed by atoms with E-state index in [4.69, 9.17) is 11.6 Å². The molecule has 0 radical (unpaired) electrons. The molecule has 0 spiro atoms. The van der Waals surface area contributed by atoms with Crippen molar-refractivity contribution in [3.05, 3.63) is 23.2 Å². The summed E-state index contributed by atoms with van der Waals surface area (Å²) < 4.78 is 12.4. The second-order valence-corrected chi connectivity index (χ2v) is 6.82. The fourth-order valence-electron chi connectivity index (χ4n) is 1.39. The summed E-state index contributed by atoms with van der Waals surface area (Å²) in [5.41, 5.74) is 0.904. The quantitative estimate of drug-likeness (QED) is 0.919. The van der Waals surface area contributed by atoms with Crippen molar-refractivity contribution in [1.82, 2.24) is 4.98 Å². The van der Waals surface area contributed by atoms with E-state index in [1.54, 1.807) is 11.3 Å². The van der Waals surface area contributed by atoms with E-state index >= 15 is 0 Å². The number of thiazole rings is 1. The Morgan fingerprint density at radius 1 is 1.53 bits per heavy atom. The average molecular weight is 289 g/mol. The molecule has 0 fully saturated rings. The second-order valence-electron chi connectivity index (χ2n) is 3.49. The maximum absolute atomic E-state index is 11.3. The predicted molar refractivity (Wildman–Crippen MR) is 76.7 cm³/mol. The molecule has 0 amide bonds. The van der Waals surface area contributed by atoms with E-state index in [0.717, 1.165) is 15.3 Å². The molecular formula is C11H13ClN2OS2. The van der Waals surface area contributed by atoms with E-state index < -0.39 is 10.8 Å². The third-order valence-corrected chi connectivity index (χ3v) is 4.81. The van der Waals surface area contributed by atoms with Gasteiger partial charge in [-0.2, -0.15) is 0 Å². The highest BCUT2D eigenvalue weighted by atomic mass is 35.5. The summed E-state index contributed by atoms with van der Waals surface area (Å²) in [5, 5.41) is 4.74. The summed E-state index contributed by atoms with van der Waals surface area (Å²) in [5.74, 6) is 1.37. The molecule has 2 aromatic rings. The topological polar surface area (TPSA) is 42.0 Å². The largest absolute Gasteiger partial charge is 0.361 e. The van der Waals surface area contributed by atoms with E-state index in [2.05, 4.69) is 10.3 Å². The fourth-order valence-corrected chi connectivity index (χ4v) is 3.05. The van der Waals surface area contributed by atoms with E-state index in [1.807, 2.05) is 25.1 Å². The fraction of sp³-hybridized carbons (Fsp3) is 0.364. The summed E-state index contributed by atoms with van der Waals surface area (Å²) >= 11 is 7.48. The molecule has 1 heterocycles. The monoisotopic (exact) mass is 288 g/mol. The lowest BCUT2D eigenvalue weighted by molar-refractivity contribution is 0.684. The molecule has 0 saturated heterocycles. The SMILES string of the molecule is CCS(=O)CCNc1nc2cc(Cl)ccc2s1. The molecule has 0 bridgehead atoms. The molecule has 92 valence electrons. The third-order valence-electron chi connectivity index (χ3n) is 2.28. The van der Waals surface area contributed by atoms with Gasteiger partial charge < -0.3 is 5.32 Å². The van der Waals surface area contributed by atoms with Gasteiger partial charge in [-0.05, 0) is 18.2 Å². The van der Waals surface area contributed by atoms with Crippen LogP contribution in [-0.2, 0) is 10.8 Å². The van der Waals surface area contributed by atoms with Crippen LogP contribution in [0.15, 0.2) is 18.2 Å². The summed E-state index contributed by atoms with van der Waals surface area (Å²) in [6, 6.07) is 5.67. The van der Waals surface area contributed by atoms with Gasteiger partial charge in [0.15, 0.2) is 5.13 Å². The Labute approximate surface area is 112 Å². The number of hydrogen-bond acceptors (Lipinski definition) is 4. The van der Waals surface area contributed by atoms with Crippen molar-refractivity contribution in [3.63, 3.8) is 0 Å². The van der Waals surface area contributed by atoms with Gasteiger partial charge in [0.1, 0.15) is 0 Å². The van der Waals surface area contributed by atoms with Crippen molar-refractivity contribution in [2.75, 3.05) is 23.4 Å². The van der Waals surface area contributed by atoms with Crippen molar-refractivity contribution in [2.24, 2.45) is 0 Å². The third kappa shape index (κ3) is 3.40. The maximum Gasteiger partial charge on any atom is 0.183 e. The van der Waals surface area contributed by atoms with Crippen LogP contribution in [0.4, 0.5) is 5.13 Å². The first-order valence-electron chi connectivity index (χ1n) is 5.34. The highest BCUT2D eigenvalue weighted by molar-refractivity contribution is 7.84. The van der Waals surface area contributed by atoms with Gasteiger partial charge in [-0.3, -0.25) is 4.21 Å². The number of fused-ring (bicyclic) bond motifs is 1. The molecule has 2 rings (SSSR count). The van der Waals surface area contributed by atoms with Gasteiger partial charge in [-0.15, -0.1) is 0 Å². The van der Waals surface area contributed by atoms with E-state index in [-0.39, 0.29) is 0 Å². The Bertz CT molecular complexity index is 541. The standard InChI is InChI=1S/C11H13ClN2OS2/c1-2-17(15)6-5-13-11-14-9-7-8(12)3-4-10(9)16-11/h3-4,7H,2,5-6H2,1H3,(H,13,14). The zero-order valence-corrected chi connectivity index (χ0v) is 11.8. The van der Waals surface area contributed by atoms with Crippen LogP contribution in [-0.4, -0.2) is 27.2 Å². The summed E-state index contributed by atoms with van der Waals surface area (Å²) in [6.07, 6.45) is 0. The normalized spacial score (nSPS) is 12.8. The molecule has 0 aliphatic heterocycles. The Kier molecular flexibility index (Phi) is 4.36. The zero-order valence-electron chi connectivity index (χ0n) is 9.40. The number of nitrogens with zero attached hydrogens (tertiary/aromatic N) is 1. The Hall–Kier alpha value is -0.650. The number of aromatic nitrogens is 1. The molecular weight excluding hydrogens is 276 g/mol. The second kappa shape index (κ2) is 5.80. The molecule has 6 heteroatoms. The maximum atomic E-state index is 11.3. The van der Waals surface area contributed by atoms with Gasteiger partial charge in [-0.25, -0.2) is 4.98 Å². The van der Waals surface area contributed by atoms with E-state index in [0.29, 0.717) is 23.1 Å². The van der Waals surface area contributed by atoms with E-state index in [1.165, 1.54) is 0 Å². The van der Waals surface area contributed by atoms with Crippen molar-refractivity contribution in [2.45, 2.75) is 6.92 Å². The van der Waals surface area contributed by atoms with Crippen LogP contribution in [0, 0.1) is 0 Å². The number of rotatable bonds is 5. The molecule has 3 nitrogen and oxygen atoms in total. The van der Waals surface area contributed by atoms with Gasteiger partial charge in [0.05, 0.1) is 10.2 Å². The first-order valence-corrected chi connectivity index (χ1v) is 8.02. The Balaban J connectivity index is 2.02. The highest BCUT2D eigenvalue weighted by Gasteiger charge is 2.04. The predicted octanol–water partition coefficient (Wildman–Crippen LogP) is 3.13. The van der Waals surface area contributed by atoms with Gasteiger partial charge in [-0.1, -0.05) is 29.9 Å². The molecule has 1 atom stereocenters. The number of benzene rings is 1. The molecule has 1 unspecified atom stereocenters. The van der Waals surface area contributed by atoms with Gasteiger partial charge in [0.2, 0.25) is 0 Å². The molecule has 0 saturated carbocycles. The molecule has 1 aromatic heterocycles. The van der Waals surface area contributed by atoms with Crippen LogP contribution in [0.1, 0.15) is 6.92 Å². The van der Waals surface area contributed by atoms with Crippen molar-refractivity contribution >= 4 is 49.1 Å². The lowest BCUT2D eigenvalue weighted by atomic mass is 10.3. The Morgan fingerprint density at radius 2 is 2.35 bits per heavy atom. The lowest BCUT2D eigenvalue weighted by Gasteiger charge is -2.00. The molecule has 1 aromatic carbocycles. The van der Waals surface area contributed by atoms with Gasteiger partial charge >= 0.3 is 0 Å². The smallest absolute Gasteiger partial charge is 0.183 e. The number of halogens is 1. The highest BCUT2D eigenvalue weighted by Crippen LogP contribution is 2.27. The first-order chi connectivity index (χ1) is 8.19. The minimum atomic E-state index is -0.729. The van der Waals surface area contributed by atoms with E-state index in [9.17, 15) is 4.21 Å². The number of hydrogen-bond donors (Lipinski definition) is 1. The Morgan fingerprint density at radius 3 is 3.12 bits per heavy atom. The van der Waals surface area contributed by atoms with Crippen molar-refractivity contribution < 1.29 is 4.21 Å². The molecule has 0 aliphatic carbocycles. The minimum Gasteiger partial charge on any atom is -0.361 e. The number of anilines is 1. The zero-order chi connectivity index (χ0) is 12.3. The molecule has 1 N–H and O–H groups in total. The van der Waals surface area contributed by atoms with Crippen LogP contribution in [0.3, 0.4) is 0 Å². The van der Waals surface area contributed by atoms with Crippen LogP contribution in [0.2, 0.25) is 5.02 Å². The van der Waals surface area contributed by atoms with Crippen LogP contribution >= 0.6 is 22.9 Å². The first kappa shape index (κ1) is 12.8. The van der Waals surface area contributed by atoms with Crippen molar-refractivity contribution in [3.8, 4) is 0 Å². The average Bonchev–Trinajstić information content (AvgIpc) is 2.70. The van der Waals surface area contributed by atoms with Crippen molar-refractivity contribution in [1.29, 1.82) is 0 Å². The van der Waals surface area contributed by atoms with Crippen LogP contribution in [0.5, 0.6) is 0 Å². The summed E-state index contributed by atoms with van der Waals surface area (Å²) in [6.45, 7) is 2.61.